The first-order valence-corrected chi connectivity index (χ1v) is 6.96. The maximum atomic E-state index is 10.5. The fourth-order valence-corrected chi connectivity index (χ4v) is 2.39. The van der Waals surface area contributed by atoms with Crippen LogP contribution in [0.4, 0.5) is 0 Å². The number of rotatable bonds is 7. The normalized spacial score (nSPS) is 11.3. The molecule has 0 amide bonds. The van der Waals surface area contributed by atoms with Crippen molar-refractivity contribution in [3.05, 3.63) is 30.0 Å². The molecule has 0 atom stereocenters. The molecule has 0 bridgehead atoms. The van der Waals surface area contributed by atoms with E-state index in [0.29, 0.717) is 6.42 Å². The van der Waals surface area contributed by atoms with E-state index in [1.807, 2.05) is 23.9 Å². The van der Waals surface area contributed by atoms with E-state index in [0.717, 1.165) is 30.8 Å². The summed E-state index contributed by atoms with van der Waals surface area (Å²) >= 11 is 0. The Labute approximate surface area is 118 Å². The molecule has 1 aromatic carbocycles. The largest absolute Gasteiger partial charge is 0.481 e. The Kier molecular flexibility index (Phi) is 4.74. The quantitative estimate of drug-likeness (QED) is 0.842. The highest BCUT2D eigenvalue weighted by molar-refractivity contribution is 5.81. The second-order valence-corrected chi connectivity index (χ2v) is 5.01. The maximum Gasteiger partial charge on any atom is 0.303 e. The summed E-state index contributed by atoms with van der Waals surface area (Å²) in [5.74, 6) is -0.737. The first-order valence-electron chi connectivity index (χ1n) is 6.96. The highest BCUT2D eigenvalue weighted by Gasteiger charge is 2.11. The van der Waals surface area contributed by atoms with Gasteiger partial charge in [0.2, 0.25) is 0 Å². The van der Waals surface area contributed by atoms with Crippen LogP contribution >= 0.6 is 0 Å². The minimum atomic E-state index is -0.737. The van der Waals surface area contributed by atoms with E-state index in [9.17, 15) is 4.79 Å². The van der Waals surface area contributed by atoms with E-state index in [4.69, 9.17) is 5.11 Å². The smallest absolute Gasteiger partial charge is 0.303 e. The third kappa shape index (κ3) is 3.36. The van der Waals surface area contributed by atoms with Gasteiger partial charge in [0.15, 0.2) is 0 Å². The lowest BCUT2D eigenvalue weighted by molar-refractivity contribution is -0.137. The lowest BCUT2D eigenvalue weighted by Crippen LogP contribution is -2.20. The molecule has 20 heavy (non-hydrogen) atoms. The topological polar surface area (TPSA) is 58.4 Å². The number of fused-ring (bicyclic) bond motifs is 1. The van der Waals surface area contributed by atoms with Gasteiger partial charge in [0.25, 0.3) is 0 Å². The molecule has 0 aliphatic carbocycles. The molecule has 5 heteroatoms. The van der Waals surface area contributed by atoms with Crippen LogP contribution in [0.25, 0.3) is 10.9 Å². The highest BCUT2D eigenvalue weighted by atomic mass is 16.4. The zero-order valence-electron chi connectivity index (χ0n) is 12.0. The number of carboxylic acids is 1. The lowest BCUT2D eigenvalue weighted by Gasteiger charge is -2.14. The predicted octanol–water partition coefficient (Wildman–Crippen LogP) is 2.35. The van der Waals surface area contributed by atoms with E-state index in [1.165, 1.54) is 5.39 Å². The van der Waals surface area contributed by atoms with Gasteiger partial charge in [0.1, 0.15) is 0 Å². The number of para-hydroxylation sites is 1. The van der Waals surface area contributed by atoms with Crippen molar-refractivity contribution < 1.29 is 9.90 Å². The Morgan fingerprint density at radius 2 is 2.15 bits per heavy atom. The number of benzene rings is 1. The first kappa shape index (κ1) is 14.5. The molecule has 0 aliphatic heterocycles. The van der Waals surface area contributed by atoms with Crippen molar-refractivity contribution in [3.63, 3.8) is 0 Å². The number of aryl methyl sites for hydroxylation is 1. The van der Waals surface area contributed by atoms with Crippen LogP contribution in [-0.4, -0.2) is 39.3 Å². The van der Waals surface area contributed by atoms with Gasteiger partial charge in [-0.1, -0.05) is 18.2 Å². The van der Waals surface area contributed by atoms with Crippen LogP contribution in [0.2, 0.25) is 0 Å². The maximum absolute atomic E-state index is 10.5. The summed E-state index contributed by atoms with van der Waals surface area (Å²) < 4.78 is 2.01. The van der Waals surface area contributed by atoms with Crippen molar-refractivity contribution in [1.29, 1.82) is 0 Å². The van der Waals surface area contributed by atoms with Crippen molar-refractivity contribution in [2.75, 3.05) is 13.6 Å². The zero-order valence-corrected chi connectivity index (χ0v) is 12.0. The zero-order chi connectivity index (χ0) is 14.5. The minimum Gasteiger partial charge on any atom is -0.481 e. The van der Waals surface area contributed by atoms with E-state index < -0.39 is 5.97 Å². The van der Waals surface area contributed by atoms with Gasteiger partial charge in [-0.2, -0.15) is 5.10 Å². The molecule has 0 aliphatic rings. The van der Waals surface area contributed by atoms with Crippen LogP contribution in [0.1, 0.15) is 25.5 Å². The van der Waals surface area contributed by atoms with Crippen molar-refractivity contribution in [2.24, 2.45) is 0 Å². The second-order valence-electron chi connectivity index (χ2n) is 5.01. The van der Waals surface area contributed by atoms with Gasteiger partial charge < -0.3 is 10.0 Å². The molecular formula is C15H21N3O2. The summed E-state index contributed by atoms with van der Waals surface area (Å²) in [5.41, 5.74) is 2.21. The summed E-state index contributed by atoms with van der Waals surface area (Å²) in [6.07, 6.45) is 0.882. The average molecular weight is 275 g/mol. The Morgan fingerprint density at radius 3 is 2.85 bits per heavy atom. The molecule has 1 N–H and O–H groups in total. The molecule has 0 spiro atoms. The van der Waals surface area contributed by atoms with E-state index in [-0.39, 0.29) is 6.42 Å². The first-order chi connectivity index (χ1) is 9.61. The van der Waals surface area contributed by atoms with E-state index >= 15 is 0 Å². The molecule has 0 radical (unpaired) electrons. The van der Waals surface area contributed by atoms with Gasteiger partial charge in [0, 0.05) is 24.9 Å². The van der Waals surface area contributed by atoms with Gasteiger partial charge in [-0.3, -0.25) is 9.48 Å². The Balaban J connectivity index is 2.07. The third-order valence-electron chi connectivity index (χ3n) is 3.38. The molecule has 0 unspecified atom stereocenters. The third-order valence-corrected chi connectivity index (χ3v) is 3.38. The van der Waals surface area contributed by atoms with Crippen LogP contribution in [0, 0.1) is 0 Å². The summed E-state index contributed by atoms with van der Waals surface area (Å²) in [6.45, 7) is 4.44. The van der Waals surface area contributed by atoms with Crippen molar-refractivity contribution in [3.8, 4) is 0 Å². The number of nitrogens with zero attached hydrogens (tertiary/aromatic N) is 3. The second kappa shape index (κ2) is 6.52. The number of hydrogen-bond donors (Lipinski definition) is 1. The van der Waals surface area contributed by atoms with Gasteiger partial charge in [-0.25, -0.2) is 0 Å². The number of aliphatic carboxylic acids is 1. The fourth-order valence-electron chi connectivity index (χ4n) is 2.39. The molecular weight excluding hydrogens is 254 g/mol. The summed E-state index contributed by atoms with van der Waals surface area (Å²) in [6, 6.07) is 8.23. The van der Waals surface area contributed by atoms with Crippen LogP contribution < -0.4 is 0 Å². The van der Waals surface area contributed by atoms with Gasteiger partial charge in [-0.15, -0.1) is 0 Å². The van der Waals surface area contributed by atoms with Crippen LogP contribution in [0.5, 0.6) is 0 Å². The van der Waals surface area contributed by atoms with Gasteiger partial charge in [0.05, 0.1) is 11.2 Å². The molecule has 5 nitrogen and oxygen atoms in total. The standard InChI is InChI=1S/C15H21N3O2/c1-3-18-14-8-5-4-7-12(14)13(16-18)11-17(2)10-6-9-15(19)20/h4-5,7-8H,3,6,9-11H2,1-2H3,(H,19,20). The molecule has 0 fully saturated rings. The molecule has 0 saturated heterocycles. The van der Waals surface area contributed by atoms with Crippen LogP contribution in [0.15, 0.2) is 24.3 Å². The number of aromatic nitrogens is 2. The van der Waals surface area contributed by atoms with E-state index in [1.54, 1.807) is 0 Å². The highest BCUT2D eigenvalue weighted by Crippen LogP contribution is 2.19. The number of carbonyl (C=O) groups is 1. The summed E-state index contributed by atoms with van der Waals surface area (Å²) in [5, 5.41) is 14.5. The van der Waals surface area contributed by atoms with Crippen molar-refractivity contribution in [2.45, 2.75) is 32.9 Å². The molecule has 1 heterocycles. The SMILES string of the molecule is CCn1nc(CN(C)CCCC(=O)O)c2ccccc21. The Bertz CT molecular complexity index is 592. The predicted molar refractivity (Wildman–Crippen MR) is 78.6 cm³/mol. The molecule has 1 aromatic heterocycles. The fraction of sp³-hybridized carbons (Fsp3) is 0.467. The van der Waals surface area contributed by atoms with Crippen molar-refractivity contribution in [1.82, 2.24) is 14.7 Å². The Hall–Kier alpha value is -1.88. The number of carboxylic acid groups (broad SMARTS) is 1. The van der Waals surface area contributed by atoms with E-state index in [2.05, 4.69) is 29.1 Å². The average Bonchev–Trinajstić information content (AvgIpc) is 2.77. The Morgan fingerprint density at radius 1 is 1.40 bits per heavy atom. The van der Waals surface area contributed by atoms with Crippen LogP contribution in [-0.2, 0) is 17.9 Å². The molecule has 2 aromatic rings. The lowest BCUT2D eigenvalue weighted by atomic mass is 10.2. The van der Waals surface area contributed by atoms with Gasteiger partial charge in [-0.05, 0) is 33.0 Å². The summed E-state index contributed by atoms with van der Waals surface area (Å²) in [4.78, 5) is 12.6. The molecule has 108 valence electrons. The monoisotopic (exact) mass is 275 g/mol. The van der Waals surface area contributed by atoms with Crippen molar-refractivity contribution >= 4 is 16.9 Å². The molecule has 2 rings (SSSR count). The number of hydrogen-bond acceptors (Lipinski definition) is 3. The van der Waals surface area contributed by atoms with Crippen LogP contribution in [0.3, 0.4) is 0 Å². The molecule has 0 saturated carbocycles. The minimum absolute atomic E-state index is 0.217. The van der Waals surface area contributed by atoms with Gasteiger partial charge >= 0.3 is 5.97 Å². The summed E-state index contributed by atoms with van der Waals surface area (Å²) in [7, 11) is 2.00.